The third kappa shape index (κ3) is 13.9. The molecule has 0 aliphatic carbocycles. The zero-order valence-electron chi connectivity index (χ0n) is 17.9. The van der Waals surface area contributed by atoms with Gasteiger partial charge in [0, 0.05) is 11.8 Å². The molecule has 0 saturated carbocycles. The van der Waals surface area contributed by atoms with Gasteiger partial charge >= 0.3 is 124 Å². The van der Waals surface area contributed by atoms with E-state index in [9.17, 15) is 38.3 Å². The van der Waals surface area contributed by atoms with E-state index in [-0.39, 0.29) is 130 Å². The second-order valence-electron chi connectivity index (χ2n) is 5.57. The van der Waals surface area contributed by atoms with Gasteiger partial charge in [0.05, 0.1) is 20.5 Å². The first-order valence-electron chi connectivity index (χ1n) is 7.36. The van der Waals surface area contributed by atoms with Crippen molar-refractivity contribution in [2.24, 2.45) is 0 Å². The molecular formula is C10H13N2Na4O12P3S. The van der Waals surface area contributed by atoms with Crippen LogP contribution in [0.25, 0.3) is 0 Å². The van der Waals surface area contributed by atoms with Crippen molar-refractivity contribution in [2.45, 2.75) is 32.1 Å². The maximum atomic E-state index is 11.8. The third-order valence-corrected chi connectivity index (χ3v) is 7.94. The molecule has 1 fully saturated rings. The first-order valence-corrected chi connectivity index (χ1v) is 12.8. The second-order valence-corrected chi connectivity index (χ2v) is 11.2. The van der Waals surface area contributed by atoms with E-state index in [0.717, 1.165) is 4.57 Å². The van der Waals surface area contributed by atoms with Crippen molar-refractivity contribution in [2.75, 3.05) is 6.61 Å². The Morgan fingerprint density at radius 1 is 1.12 bits per heavy atom. The standard InChI is InChI=1S/C10H17N2O12P3S.4Na/c1-6-4-12(10(14)11-9(6)13)8-3-2-7(22-8)5-21-27(20,28)24-26(18,19)23-25(15,16)17;;;;/h4,7-8H,2-3,5H2,1H3,(H,18,19)(H,20,28)(H,11,13,14)(H2,15,16,17);;;;/q;4*+1/p-4/t7-,8+,27?;;;;/m0..../s1. The molecule has 1 aliphatic heterocycles. The van der Waals surface area contributed by atoms with Gasteiger partial charge in [-0.05, 0) is 19.8 Å². The first kappa shape index (κ1) is 40.0. The van der Waals surface area contributed by atoms with Gasteiger partial charge in [0.1, 0.15) is 12.9 Å². The molecule has 0 aromatic carbocycles. The van der Waals surface area contributed by atoms with Crippen molar-refractivity contribution in [1.82, 2.24) is 9.55 Å². The Morgan fingerprint density at radius 3 is 2.22 bits per heavy atom. The van der Waals surface area contributed by atoms with E-state index in [0.29, 0.717) is 6.42 Å². The molecular weight excluding hydrogens is 557 g/mol. The van der Waals surface area contributed by atoms with Crippen molar-refractivity contribution in [3.05, 3.63) is 32.6 Å². The Kier molecular flexibility index (Phi) is 20.5. The van der Waals surface area contributed by atoms with Crippen LogP contribution in [0, 0.1) is 6.92 Å². The van der Waals surface area contributed by atoms with Gasteiger partial charge in [-0.3, -0.25) is 27.5 Å². The van der Waals surface area contributed by atoms with Crippen molar-refractivity contribution in [3.8, 4) is 0 Å². The first-order chi connectivity index (χ1) is 12.7. The molecule has 32 heavy (non-hydrogen) atoms. The molecule has 22 heteroatoms. The van der Waals surface area contributed by atoms with E-state index in [1.807, 2.05) is 0 Å². The predicted molar refractivity (Wildman–Crippen MR) is 86.8 cm³/mol. The summed E-state index contributed by atoms with van der Waals surface area (Å²) in [5, 5.41) is 0. The van der Waals surface area contributed by atoms with Crippen molar-refractivity contribution >= 4 is 34.2 Å². The summed E-state index contributed by atoms with van der Waals surface area (Å²) in [4.78, 5) is 69.0. The number of H-pyrrole nitrogens is 1. The summed E-state index contributed by atoms with van der Waals surface area (Å²) in [6, 6.07) is 0. The summed E-state index contributed by atoms with van der Waals surface area (Å²) < 4.78 is 39.8. The number of hydrogen-bond donors (Lipinski definition) is 1. The molecule has 1 aromatic rings. The molecule has 14 nitrogen and oxygen atoms in total. The second kappa shape index (κ2) is 16.4. The normalized spacial score (nSPS) is 21.5. The zero-order chi connectivity index (χ0) is 21.3. The number of aryl methyl sites for hydroxylation is 1. The van der Waals surface area contributed by atoms with Gasteiger partial charge in [-0.25, -0.2) is 4.79 Å². The Hall–Kier alpha value is 3.47. The van der Waals surface area contributed by atoms with Crippen LogP contribution in [-0.2, 0) is 38.8 Å². The van der Waals surface area contributed by atoms with E-state index in [2.05, 4.69) is 29.9 Å². The smallest absolute Gasteiger partial charge is 0.790 e. The van der Waals surface area contributed by atoms with Gasteiger partial charge in [0.2, 0.25) is 0 Å². The minimum absolute atomic E-state index is 0. The molecule has 1 saturated heterocycles. The van der Waals surface area contributed by atoms with Crippen LogP contribution in [0.3, 0.4) is 0 Å². The minimum Gasteiger partial charge on any atom is -0.790 e. The minimum atomic E-state index is -5.97. The summed E-state index contributed by atoms with van der Waals surface area (Å²) >= 11 is 4.31. The average Bonchev–Trinajstić information content (AvgIpc) is 2.94. The molecule has 0 amide bonds. The van der Waals surface area contributed by atoms with Crippen LogP contribution >= 0.6 is 22.4 Å². The summed E-state index contributed by atoms with van der Waals surface area (Å²) in [5.74, 6) is 0. The fraction of sp³-hybridized carbons (Fsp3) is 0.600. The molecule has 0 spiro atoms. The monoisotopic (exact) mass is 570 g/mol. The van der Waals surface area contributed by atoms with Gasteiger partial charge in [0.25, 0.3) is 13.4 Å². The van der Waals surface area contributed by atoms with Gasteiger partial charge in [0.15, 0.2) is 0 Å². The van der Waals surface area contributed by atoms with Crippen LogP contribution < -0.4 is 149 Å². The SMILES string of the molecule is Cc1cn([C@H]2CC[C@@H](COP([O-])(=S)OP(=O)([O-])OP(=O)([O-])[O-])O2)c(=O)[nH]c1=O.[Na+].[Na+].[Na+].[Na+]. The van der Waals surface area contributed by atoms with Gasteiger partial charge in [-0.15, -0.1) is 0 Å². The van der Waals surface area contributed by atoms with Crippen LogP contribution in [-0.4, -0.2) is 22.3 Å². The molecule has 2 unspecified atom stereocenters. The molecule has 2 rings (SSSR count). The van der Waals surface area contributed by atoms with Crippen LogP contribution in [0.2, 0.25) is 0 Å². The average molecular weight is 570 g/mol. The Labute approximate surface area is 275 Å². The van der Waals surface area contributed by atoms with Gasteiger partial charge in [-0.2, -0.15) is 0 Å². The molecule has 2 heterocycles. The predicted octanol–water partition coefficient (Wildman–Crippen LogP) is -14.5. The van der Waals surface area contributed by atoms with E-state index in [4.69, 9.17) is 4.74 Å². The van der Waals surface area contributed by atoms with E-state index >= 15 is 0 Å². The zero-order valence-corrected chi connectivity index (χ0v) is 29.4. The molecule has 0 radical (unpaired) electrons. The number of phosphoric acid groups is 2. The van der Waals surface area contributed by atoms with Gasteiger partial charge < -0.3 is 33.4 Å². The van der Waals surface area contributed by atoms with Crippen LogP contribution in [0.4, 0.5) is 0 Å². The third-order valence-electron chi connectivity index (χ3n) is 3.36. The quantitative estimate of drug-likeness (QED) is 0.227. The number of aromatic amines is 1. The number of aromatic nitrogens is 2. The molecule has 0 bridgehead atoms. The summed E-state index contributed by atoms with van der Waals surface area (Å²) in [6.07, 6.45) is 0.335. The van der Waals surface area contributed by atoms with Crippen LogP contribution in [0.15, 0.2) is 15.8 Å². The van der Waals surface area contributed by atoms with E-state index < -0.39 is 52.6 Å². The van der Waals surface area contributed by atoms with E-state index in [1.54, 1.807) is 0 Å². The number of ether oxygens (including phenoxy) is 1. The Morgan fingerprint density at radius 2 is 1.69 bits per heavy atom. The summed E-state index contributed by atoms with van der Waals surface area (Å²) in [5.41, 5.74) is -0.983. The fourth-order valence-electron chi connectivity index (χ4n) is 2.27. The molecule has 1 aliphatic rings. The van der Waals surface area contributed by atoms with Crippen LogP contribution in [0.5, 0.6) is 0 Å². The number of hydrogen-bond acceptors (Lipinski definition) is 13. The molecule has 160 valence electrons. The van der Waals surface area contributed by atoms with E-state index in [1.165, 1.54) is 13.1 Å². The van der Waals surface area contributed by atoms with Crippen molar-refractivity contribution < 1.29 is 165 Å². The maximum Gasteiger partial charge on any atom is 1.00 e. The van der Waals surface area contributed by atoms with Gasteiger partial charge in [-0.1, -0.05) is 11.8 Å². The summed E-state index contributed by atoms with van der Waals surface area (Å²) in [7, 11) is -11.8. The fourth-order valence-corrected chi connectivity index (χ4v) is 6.07. The topological polar surface area (TPSA) is 218 Å². The number of rotatable bonds is 8. The summed E-state index contributed by atoms with van der Waals surface area (Å²) in [6.45, 7) is -3.82. The van der Waals surface area contributed by atoms with Crippen molar-refractivity contribution in [1.29, 1.82) is 0 Å². The Balaban J connectivity index is -0.00000210. The number of nitrogens with zero attached hydrogens (tertiary/aromatic N) is 1. The maximum absolute atomic E-state index is 11.8. The molecule has 1 aromatic heterocycles. The number of nitrogens with one attached hydrogen (secondary N) is 1. The van der Waals surface area contributed by atoms with Crippen molar-refractivity contribution in [3.63, 3.8) is 0 Å². The Bertz CT molecular complexity index is 1000. The van der Waals surface area contributed by atoms with Crippen LogP contribution in [0.1, 0.15) is 24.6 Å². The molecule has 4 atom stereocenters. The largest absolute Gasteiger partial charge is 1.00 e. The molecule has 1 N–H and O–H groups in total.